The molecule has 1 saturated heterocycles. The van der Waals surface area contributed by atoms with Crippen LogP contribution >= 0.6 is 0 Å². The fraction of sp³-hybridized carbons (Fsp3) is 0.933. The highest BCUT2D eigenvalue weighted by molar-refractivity contribution is 5.73. The molecule has 5 nitrogen and oxygen atoms in total. The van der Waals surface area contributed by atoms with Crippen molar-refractivity contribution in [2.45, 2.75) is 52.2 Å². The molecule has 1 unspecified atom stereocenters. The molecule has 20 heavy (non-hydrogen) atoms. The van der Waals surface area contributed by atoms with Crippen LogP contribution < -0.4 is 5.32 Å². The zero-order valence-electron chi connectivity index (χ0n) is 13.6. The van der Waals surface area contributed by atoms with Crippen molar-refractivity contribution in [3.63, 3.8) is 0 Å². The van der Waals surface area contributed by atoms with Gasteiger partial charge in [0.1, 0.15) is 0 Å². The van der Waals surface area contributed by atoms with Crippen LogP contribution in [0.15, 0.2) is 0 Å². The second-order valence-electron chi connectivity index (χ2n) is 7.27. The summed E-state index contributed by atoms with van der Waals surface area (Å²) in [5.74, 6) is 0. The lowest BCUT2D eigenvalue weighted by atomic mass is 9.89. The third kappa shape index (κ3) is 6.09. The molecule has 2 N–H and O–H groups in total. The summed E-state index contributed by atoms with van der Waals surface area (Å²) in [4.78, 5) is 15.3. The maximum atomic E-state index is 11.8. The number of aliphatic hydroxyl groups excluding tert-OH is 1. The Balaban J connectivity index is 2.24. The number of piperidine rings is 1. The van der Waals surface area contributed by atoms with Crippen LogP contribution in [-0.2, 0) is 0 Å². The predicted octanol–water partition coefficient (Wildman–Crippen LogP) is 1.52. The average molecular weight is 285 g/mol. The fourth-order valence-corrected chi connectivity index (χ4v) is 2.64. The third-order valence-corrected chi connectivity index (χ3v) is 3.64. The SMILES string of the molecule is CN(C)C(=O)N1CCC(NCC(O)CC(C)(C)C)CC1. The summed E-state index contributed by atoms with van der Waals surface area (Å²) < 4.78 is 0. The fourth-order valence-electron chi connectivity index (χ4n) is 2.64. The number of likely N-dealkylation sites (tertiary alicyclic amines) is 1. The average Bonchev–Trinajstić information content (AvgIpc) is 2.34. The quantitative estimate of drug-likeness (QED) is 0.823. The van der Waals surface area contributed by atoms with Crippen molar-refractivity contribution in [2.75, 3.05) is 33.7 Å². The maximum Gasteiger partial charge on any atom is 0.319 e. The van der Waals surface area contributed by atoms with Crippen LogP contribution in [0.5, 0.6) is 0 Å². The second kappa shape index (κ2) is 7.27. The summed E-state index contributed by atoms with van der Waals surface area (Å²) in [5.41, 5.74) is 0.155. The normalized spacial score (nSPS) is 19.0. The molecule has 2 amide bonds. The van der Waals surface area contributed by atoms with Gasteiger partial charge >= 0.3 is 6.03 Å². The first kappa shape index (κ1) is 17.2. The van der Waals surface area contributed by atoms with E-state index in [0.717, 1.165) is 32.4 Å². The molecule has 1 rings (SSSR count). The summed E-state index contributed by atoms with van der Waals surface area (Å²) in [7, 11) is 3.57. The monoisotopic (exact) mass is 285 g/mol. The van der Waals surface area contributed by atoms with E-state index in [0.29, 0.717) is 12.6 Å². The number of hydrogen-bond acceptors (Lipinski definition) is 3. The van der Waals surface area contributed by atoms with Crippen molar-refractivity contribution in [1.82, 2.24) is 15.1 Å². The van der Waals surface area contributed by atoms with Gasteiger partial charge in [-0.15, -0.1) is 0 Å². The molecule has 1 heterocycles. The van der Waals surface area contributed by atoms with Crippen LogP contribution in [0.3, 0.4) is 0 Å². The summed E-state index contributed by atoms with van der Waals surface area (Å²) >= 11 is 0. The topological polar surface area (TPSA) is 55.8 Å². The van der Waals surface area contributed by atoms with Crippen molar-refractivity contribution in [3.8, 4) is 0 Å². The Morgan fingerprint density at radius 3 is 2.35 bits per heavy atom. The first-order chi connectivity index (χ1) is 9.19. The molecule has 0 saturated carbocycles. The van der Waals surface area contributed by atoms with Crippen molar-refractivity contribution in [1.29, 1.82) is 0 Å². The zero-order chi connectivity index (χ0) is 15.3. The van der Waals surface area contributed by atoms with E-state index in [1.54, 1.807) is 19.0 Å². The molecule has 1 aliphatic rings. The van der Waals surface area contributed by atoms with Gasteiger partial charge in [-0.2, -0.15) is 0 Å². The van der Waals surface area contributed by atoms with Crippen molar-refractivity contribution >= 4 is 6.03 Å². The maximum absolute atomic E-state index is 11.8. The molecule has 0 aromatic rings. The van der Waals surface area contributed by atoms with Crippen LogP contribution in [0.2, 0.25) is 0 Å². The number of urea groups is 1. The van der Waals surface area contributed by atoms with Gasteiger partial charge in [-0.1, -0.05) is 20.8 Å². The molecule has 5 heteroatoms. The highest BCUT2D eigenvalue weighted by atomic mass is 16.3. The van der Waals surface area contributed by atoms with Gasteiger partial charge in [0.05, 0.1) is 6.10 Å². The number of aliphatic hydroxyl groups is 1. The number of amides is 2. The van der Waals surface area contributed by atoms with Gasteiger partial charge < -0.3 is 20.2 Å². The standard InChI is InChI=1S/C15H31N3O2/c1-15(2,3)10-13(19)11-16-12-6-8-18(9-7-12)14(20)17(4)5/h12-13,16,19H,6-11H2,1-5H3. The van der Waals surface area contributed by atoms with Gasteiger partial charge in [0.15, 0.2) is 0 Å². The van der Waals surface area contributed by atoms with Crippen LogP contribution in [0.4, 0.5) is 4.79 Å². The molecule has 0 spiro atoms. The van der Waals surface area contributed by atoms with Crippen LogP contribution in [-0.4, -0.2) is 66.8 Å². The lowest BCUT2D eigenvalue weighted by Crippen LogP contribution is -2.49. The second-order valence-corrected chi connectivity index (χ2v) is 7.27. The van der Waals surface area contributed by atoms with E-state index in [2.05, 4.69) is 26.1 Å². The Labute approximate surface area is 123 Å². The van der Waals surface area contributed by atoms with Gasteiger partial charge in [0, 0.05) is 39.8 Å². The van der Waals surface area contributed by atoms with Crippen LogP contribution in [0.1, 0.15) is 40.0 Å². The Hall–Kier alpha value is -0.810. The van der Waals surface area contributed by atoms with Gasteiger partial charge in [-0.25, -0.2) is 4.79 Å². The lowest BCUT2D eigenvalue weighted by Gasteiger charge is -2.34. The minimum atomic E-state index is -0.295. The Morgan fingerprint density at radius 2 is 1.90 bits per heavy atom. The molecule has 1 aliphatic heterocycles. The van der Waals surface area contributed by atoms with Gasteiger partial charge in [-0.3, -0.25) is 0 Å². The first-order valence-corrected chi connectivity index (χ1v) is 7.57. The van der Waals surface area contributed by atoms with Gasteiger partial charge in [-0.05, 0) is 24.7 Å². The molecule has 0 aliphatic carbocycles. The number of rotatable bonds is 4. The van der Waals surface area contributed by atoms with E-state index in [1.807, 2.05) is 4.90 Å². The minimum absolute atomic E-state index is 0.0937. The molecule has 1 atom stereocenters. The van der Waals surface area contributed by atoms with Crippen molar-refractivity contribution in [2.24, 2.45) is 5.41 Å². The van der Waals surface area contributed by atoms with E-state index in [-0.39, 0.29) is 17.6 Å². The van der Waals surface area contributed by atoms with Crippen molar-refractivity contribution < 1.29 is 9.90 Å². The molecule has 0 radical (unpaired) electrons. The van der Waals surface area contributed by atoms with Gasteiger partial charge in [0.25, 0.3) is 0 Å². The largest absolute Gasteiger partial charge is 0.392 e. The summed E-state index contributed by atoms with van der Waals surface area (Å²) in [6, 6.07) is 0.507. The number of hydrogen-bond donors (Lipinski definition) is 2. The predicted molar refractivity (Wildman–Crippen MR) is 81.8 cm³/mol. The van der Waals surface area contributed by atoms with E-state index >= 15 is 0 Å². The molecule has 118 valence electrons. The molecular weight excluding hydrogens is 254 g/mol. The molecule has 0 bridgehead atoms. The van der Waals surface area contributed by atoms with Crippen LogP contribution in [0, 0.1) is 5.41 Å². The van der Waals surface area contributed by atoms with Gasteiger partial charge in [0.2, 0.25) is 0 Å². The van der Waals surface area contributed by atoms with Crippen molar-refractivity contribution in [3.05, 3.63) is 0 Å². The summed E-state index contributed by atoms with van der Waals surface area (Å²) in [6.45, 7) is 8.66. The Morgan fingerprint density at radius 1 is 1.35 bits per heavy atom. The Bertz CT molecular complexity index is 305. The molecule has 0 aromatic carbocycles. The minimum Gasteiger partial charge on any atom is -0.392 e. The third-order valence-electron chi connectivity index (χ3n) is 3.64. The summed E-state index contributed by atoms with van der Waals surface area (Å²) in [5, 5.41) is 13.4. The smallest absolute Gasteiger partial charge is 0.319 e. The number of carbonyl (C=O) groups excluding carboxylic acids is 1. The van der Waals surface area contributed by atoms with E-state index in [1.165, 1.54) is 0 Å². The highest BCUT2D eigenvalue weighted by Crippen LogP contribution is 2.20. The summed E-state index contributed by atoms with van der Waals surface area (Å²) in [6.07, 6.45) is 2.43. The van der Waals surface area contributed by atoms with Crippen LogP contribution in [0.25, 0.3) is 0 Å². The van der Waals surface area contributed by atoms with E-state index in [4.69, 9.17) is 0 Å². The lowest BCUT2D eigenvalue weighted by molar-refractivity contribution is 0.109. The number of carbonyl (C=O) groups is 1. The van der Waals surface area contributed by atoms with E-state index < -0.39 is 0 Å². The number of nitrogens with one attached hydrogen (secondary N) is 1. The molecule has 1 fully saturated rings. The van der Waals surface area contributed by atoms with E-state index in [9.17, 15) is 9.90 Å². The Kier molecular flexibility index (Phi) is 6.27. The number of nitrogens with zero attached hydrogens (tertiary/aromatic N) is 2. The molecular formula is C15H31N3O2. The first-order valence-electron chi connectivity index (χ1n) is 7.57. The highest BCUT2D eigenvalue weighted by Gasteiger charge is 2.24. The molecule has 0 aromatic heterocycles. The zero-order valence-corrected chi connectivity index (χ0v) is 13.6.